The average Bonchev–Trinajstić information content (AvgIpc) is 2.95. The van der Waals surface area contributed by atoms with E-state index in [0.29, 0.717) is 25.2 Å². The monoisotopic (exact) mass is 356 g/mol. The second kappa shape index (κ2) is 6.35. The summed E-state index contributed by atoms with van der Waals surface area (Å²) in [5.74, 6) is -0.509. The number of hydrogen-bond donors (Lipinski definition) is 1. The number of aromatic nitrogens is 5. The first kappa shape index (κ1) is 15.6. The van der Waals surface area contributed by atoms with Crippen LogP contribution in [0, 0.1) is 6.92 Å². The van der Waals surface area contributed by atoms with Gasteiger partial charge in [-0.25, -0.2) is 9.48 Å². The molecule has 0 fully saturated rings. The molecular formula is C12H17BrN6O2. The number of ether oxygens (including phenoxy) is 1. The van der Waals surface area contributed by atoms with Crippen molar-refractivity contribution >= 4 is 21.9 Å². The summed E-state index contributed by atoms with van der Waals surface area (Å²) >= 11 is 3.51. The zero-order chi connectivity index (χ0) is 15.6. The molecule has 0 spiro atoms. The topological polar surface area (TPSA) is 101 Å². The first-order valence-corrected chi connectivity index (χ1v) is 7.17. The zero-order valence-electron chi connectivity index (χ0n) is 12.1. The molecule has 0 aliphatic carbocycles. The number of nitrogens with two attached hydrogens (primary N) is 1. The van der Waals surface area contributed by atoms with E-state index in [2.05, 4.69) is 31.3 Å². The van der Waals surface area contributed by atoms with Gasteiger partial charge in [0.1, 0.15) is 0 Å². The smallest absolute Gasteiger partial charge is 0.360 e. The lowest BCUT2D eigenvalue weighted by atomic mass is 10.2. The van der Waals surface area contributed by atoms with Crippen molar-refractivity contribution in [3.8, 4) is 0 Å². The van der Waals surface area contributed by atoms with E-state index in [9.17, 15) is 4.79 Å². The van der Waals surface area contributed by atoms with E-state index in [0.717, 1.165) is 15.9 Å². The van der Waals surface area contributed by atoms with Gasteiger partial charge in [-0.3, -0.25) is 4.68 Å². The third-order valence-electron chi connectivity index (χ3n) is 3.16. The molecule has 0 bridgehead atoms. The van der Waals surface area contributed by atoms with Gasteiger partial charge < -0.3 is 10.5 Å². The summed E-state index contributed by atoms with van der Waals surface area (Å²) in [5.41, 5.74) is 8.30. The first-order chi connectivity index (χ1) is 9.99. The van der Waals surface area contributed by atoms with Crippen molar-refractivity contribution in [1.29, 1.82) is 0 Å². The second-order valence-electron chi connectivity index (χ2n) is 4.54. The zero-order valence-corrected chi connectivity index (χ0v) is 13.7. The number of aryl methyl sites for hydroxylation is 2. The second-order valence-corrected chi connectivity index (χ2v) is 5.34. The van der Waals surface area contributed by atoms with E-state index in [-0.39, 0.29) is 5.69 Å². The molecule has 2 N–H and O–H groups in total. The van der Waals surface area contributed by atoms with E-state index >= 15 is 0 Å². The number of rotatable bonds is 5. The SMILES string of the molecule is COC(=O)c1nnn(Cc2c(Br)c(C)nn2C)c1CCN. The highest BCUT2D eigenvalue weighted by molar-refractivity contribution is 9.10. The lowest BCUT2D eigenvalue weighted by Crippen LogP contribution is -2.16. The van der Waals surface area contributed by atoms with Gasteiger partial charge in [-0.2, -0.15) is 5.10 Å². The van der Waals surface area contributed by atoms with E-state index < -0.39 is 5.97 Å². The molecule has 2 aromatic heterocycles. The van der Waals surface area contributed by atoms with Gasteiger partial charge in [0.25, 0.3) is 0 Å². The van der Waals surface area contributed by atoms with Crippen molar-refractivity contribution in [3.05, 3.63) is 27.2 Å². The fourth-order valence-electron chi connectivity index (χ4n) is 2.09. The first-order valence-electron chi connectivity index (χ1n) is 6.38. The van der Waals surface area contributed by atoms with Crippen molar-refractivity contribution in [3.63, 3.8) is 0 Å². The Labute approximate surface area is 130 Å². The predicted molar refractivity (Wildman–Crippen MR) is 78.9 cm³/mol. The van der Waals surface area contributed by atoms with Gasteiger partial charge in [-0.1, -0.05) is 5.21 Å². The van der Waals surface area contributed by atoms with Gasteiger partial charge >= 0.3 is 5.97 Å². The number of esters is 1. The van der Waals surface area contributed by atoms with Crippen LogP contribution in [0.2, 0.25) is 0 Å². The maximum absolute atomic E-state index is 11.7. The van der Waals surface area contributed by atoms with Crippen LogP contribution in [0.1, 0.15) is 27.6 Å². The highest BCUT2D eigenvalue weighted by Crippen LogP contribution is 2.21. The molecule has 0 unspecified atom stereocenters. The quantitative estimate of drug-likeness (QED) is 0.779. The average molecular weight is 357 g/mol. The molecule has 0 aliphatic rings. The Morgan fingerprint density at radius 1 is 1.43 bits per heavy atom. The van der Waals surface area contributed by atoms with E-state index in [1.54, 1.807) is 9.36 Å². The largest absolute Gasteiger partial charge is 0.464 e. The molecule has 0 amide bonds. The van der Waals surface area contributed by atoms with Gasteiger partial charge in [0, 0.05) is 13.5 Å². The molecule has 0 saturated carbocycles. The molecule has 2 heterocycles. The van der Waals surface area contributed by atoms with Gasteiger partial charge in [0.15, 0.2) is 5.69 Å². The van der Waals surface area contributed by atoms with Gasteiger partial charge in [-0.05, 0) is 29.4 Å². The molecule has 21 heavy (non-hydrogen) atoms. The summed E-state index contributed by atoms with van der Waals surface area (Å²) in [7, 11) is 3.17. The predicted octanol–water partition coefficient (Wildman–Crippen LogP) is 0.419. The fourth-order valence-corrected chi connectivity index (χ4v) is 2.55. The van der Waals surface area contributed by atoms with Crippen LogP contribution < -0.4 is 5.73 Å². The Hall–Kier alpha value is -1.74. The van der Waals surface area contributed by atoms with E-state index in [1.165, 1.54) is 7.11 Å². The van der Waals surface area contributed by atoms with Crippen LogP contribution in [0.5, 0.6) is 0 Å². The Morgan fingerprint density at radius 3 is 2.67 bits per heavy atom. The number of carbonyl (C=O) groups excluding carboxylic acids is 1. The van der Waals surface area contributed by atoms with Crippen molar-refractivity contribution in [2.45, 2.75) is 19.9 Å². The molecule has 114 valence electrons. The lowest BCUT2D eigenvalue weighted by Gasteiger charge is -2.07. The third kappa shape index (κ3) is 2.98. The molecule has 0 aromatic carbocycles. The minimum atomic E-state index is -0.509. The Morgan fingerprint density at radius 2 is 2.14 bits per heavy atom. The van der Waals surface area contributed by atoms with E-state index in [1.807, 2.05) is 14.0 Å². The van der Waals surface area contributed by atoms with Crippen LogP contribution in [-0.2, 0) is 24.8 Å². The maximum Gasteiger partial charge on any atom is 0.360 e. The van der Waals surface area contributed by atoms with Crippen LogP contribution in [0.4, 0.5) is 0 Å². The van der Waals surface area contributed by atoms with Crippen molar-refractivity contribution in [1.82, 2.24) is 24.8 Å². The summed E-state index contributed by atoms with van der Waals surface area (Å²) in [6, 6.07) is 0. The molecule has 0 saturated heterocycles. The normalized spacial score (nSPS) is 10.9. The number of methoxy groups -OCH3 is 1. The summed E-state index contributed by atoms with van der Waals surface area (Å²) < 4.78 is 9.05. The maximum atomic E-state index is 11.7. The number of nitrogens with zero attached hydrogens (tertiary/aromatic N) is 5. The highest BCUT2D eigenvalue weighted by Gasteiger charge is 2.21. The number of hydrogen-bond acceptors (Lipinski definition) is 6. The minimum Gasteiger partial charge on any atom is -0.464 e. The Bertz CT molecular complexity index is 663. The van der Waals surface area contributed by atoms with Crippen LogP contribution in [0.15, 0.2) is 4.47 Å². The van der Waals surface area contributed by atoms with Gasteiger partial charge in [0.2, 0.25) is 0 Å². The highest BCUT2D eigenvalue weighted by atomic mass is 79.9. The lowest BCUT2D eigenvalue weighted by molar-refractivity contribution is 0.0592. The molecule has 0 aliphatic heterocycles. The molecule has 2 rings (SSSR count). The molecule has 2 aromatic rings. The molecule has 8 nitrogen and oxygen atoms in total. The number of carbonyl (C=O) groups is 1. The van der Waals surface area contributed by atoms with Crippen LogP contribution in [0.25, 0.3) is 0 Å². The van der Waals surface area contributed by atoms with Crippen LogP contribution in [-0.4, -0.2) is 44.4 Å². The molecule has 9 heteroatoms. The molecule has 0 atom stereocenters. The summed E-state index contributed by atoms with van der Waals surface area (Å²) in [5, 5.41) is 12.3. The van der Waals surface area contributed by atoms with Crippen molar-refractivity contribution < 1.29 is 9.53 Å². The Balaban J connectivity index is 2.40. The minimum absolute atomic E-state index is 0.206. The third-order valence-corrected chi connectivity index (χ3v) is 4.19. The summed E-state index contributed by atoms with van der Waals surface area (Å²) in [6.45, 7) is 2.75. The molecular weight excluding hydrogens is 340 g/mol. The van der Waals surface area contributed by atoms with Crippen molar-refractivity contribution in [2.24, 2.45) is 12.8 Å². The fraction of sp³-hybridized carbons (Fsp3) is 0.500. The Kier molecular flexibility index (Phi) is 4.73. The molecule has 0 radical (unpaired) electrons. The van der Waals surface area contributed by atoms with Crippen LogP contribution >= 0.6 is 15.9 Å². The van der Waals surface area contributed by atoms with Crippen molar-refractivity contribution in [2.75, 3.05) is 13.7 Å². The van der Waals surface area contributed by atoms with E-state index in [4.69, 9.17) is 10.5 Å². The van der Waals surface area contributed by atoms with Gasteiger partial charge in [0.05, 0.1) is 35.2 Å². The summed E-state index contributed by atoms with van der Waals surface area (Å²) in [4.78, 5) is 11.7. The standard InChI is InChI=1S/C12H17BrN6O2/c1-7-10(13)9(18(2)16-7)6-19-8(4-5-14)11(15-17-19)12(20)21-3/h4-6,14H2,1-3H3. The summed E-state index contributed by atoms with van der Waals surface area (Å²) in [6.07, 6.45) is 0.492. The van der Waals surface area contributed by atoms with Gasteiger partial charge in [-0.15, -0.1) is 5.10 Å². The number of halogens is 1. The van der Waals surface area contributed by atoms with Crippen LogP contribution in [0.3, 0.4) is 0 Å².